The van der Waals surface area contributed by atoms with E-state index in [4.69, 9.17) is 72.8 Å². The van der Waals surface area contributed by atoms with Crippen molar-refractivity contribution in [3.05, 3.63) is 0 Å². The summed E-state index contributed by atoms with van der Waals surface area (Å²) < 4.78 is 64.7. The molecular weight excluding hydrogens is 1000 g/mol. The molecule has 0 aliphatic carbocycles. The highest BCUT2D eigenvalue weighted by molar-refractivity contribution is 5.89. The van der Waals surface area contributed by atoms with E-state index >= 15 is 0 Å². The quantitative estimate of drug-likeness (QED) is 0.0297. The van der Waals surface area contributed by atoms with E-state index in [0.717, 1.165) is 0 Å². The maximum atomic E-state index is 12.9. The lowest BCUT2D eigenvalue weighted by Gasteiger charge is -2.19. The smallest absolute Gasteiger partial charge is 0.303 e. The summed E-state index contributed by atoms with van der Waals surface area (Å²) in [6, 6.07) is -2.22. The number of nitrogens with two attached hydrogens (primary N) is 1. The van der Waals surface area contributed by atoms with Gasteiger partial charge >= 0.3 is 11.9 Å². The van der Waals surface area contributed by atoms with Gasteiger partial charge in [0.15, 0.2) is 0 Å². The summed E-state index contributed by atoms with van der Waals surface area (Å²) in [5, 5.41) is 31.4. The number of hydrogen-bond acceptors (Lipinski definition) is 20. The van der Waals surface area contributed by atoms with Gasteiger partial charge < -0.3 is 99.4 Å². The van der Waals surface area contributed by atoms with Crippen molar-refractivity contribution in [2.75, 3.05) is 178 Å². The maximum absolute atomic E-state index is 12.9. The van der Waals surface area contributed by atoms with E-state index in [9.17, 15) is 38.4 Å². The average Bonchev–Trinajstić information content (AvgIpc) is 3.36. The molecule has 0 heterocycles. The fourth-order valence-electron chi connectivity index (χ4n) is 5.76. The Morgan fingerprint density at radius 2 is 0.653 bits per heavy atom. The van der Waals surface area contributed by atoms with E-state index in [0.29, 0.717) is 132 Å². The van der Waals surface area contributed by atoms with Crippen LogP contribution in [0.15, 0.2) is 0 Å². The molecule has 75 heavy (non-hydrogen) atoms. The van der Waals surface area contributed by atoms with Gasteiger partial charge in [0.2, 0.25) is 35.4 Å². The zero-order chi connectivity index (χ0) is 55.3. The van der Waals surface area contributed by atoms with Gasteiger partial charge in [-0.2, -0.15) is 0 Å². The molecule has 28 nitrogen and oxygen atoms in total. The number of amides is 6. The molecule has 0 spiro atoms. The number of hydrogen-bond donors (Lipinski definition) is 8. The predicted molar refractivity (Wildman–Crippen MR) is 264 cm³/mol. The van der Waals surface area contributed by atoms with Crippen molar-refractivity contribution in [2.45, 2.75) is 76.8 Å². The van der Waals surface area contributed by atoms with E-state index in [1.165, 1.54) is 6.92 Å². The van der Waals surface area contributed by atoms with Crippen LogP contribution in [-0.2, 0) is 95.2 Å². The van der Waals surface area contributed by atoms with Crippen molar-refractivity contribution in [1.82, 2.24) is 26.6 Å². The lowest BCUT2D eigenvalue weighted by atomic mass is 10.1. The molecule has 0 bridgehead atoms. The zero-order valence-electron chi connectivity index (χ0n) is 43.7. The minimum atomic E-state index is -1.14. The van der Waals surface area contributed by atoms with Gasteiger partial charge in [-0.05, 0) is 25.7 Å². The fraction of sp³-hybridized carbons (Fsp3) is 0.830. The van der Waals surface area contributed by atoms with Crippen LogP contribution in [0.5, 0.6) is 0 Å². The molecule has 28 heteroatoms. The summed E-state index contributed by atoms with van der Waals surface area (Å²) >= 11 is 0. The Morgan fingerprint density at radius 1 is 0.360 bits per heavy atom. The van der Waals surface area contributed by atoms with Crippen LogP contribution >= 0.6 is 0 Å². The summed E-state index contributed by atoms with van der Waals surface area (Å²) in [7, 11) is 0. The highest BCUT2D eigenvalue weighted by Crippen LogP contribution is 2.04. The first kappa shape index (κ1) is 70.3. The first-order valence-corrected chi connectivity index (χ1v) is 25.3. The van der Waals surface area contributed by atoms with Gasteiger partial charge in [-0.3, -0.25) is 38.4 Å². The number of primary amides is 1. The molecule has 0 aromatic rings. The number of ether oxygens (including phenoxy) is 12. The van der Waals surface area contributed by atoms with Crippen LogP contribution in [0.25, 0.3) is 0 Å². The van der Waals surface area contributed by atoms with E-state index in [2.05, 4.69) is 26.6 Å². The molecule has 0 saturated carbocycles. The number of carboxylic acids is 2. The number of nitrogens with one attached hydrogen (secondary N) is 5. The van der Waals surface area contributed by atoms with Crippen LogP contribution in [0.2, 0.25) is 0 Å². The minimum absolute atomic E-state index is 0.0297. The molecule has 0 rings (SSSR count). The molecule has 0 aromatic carbocycles. The molecule has 0 aliphatic rings. The molecule has 0 unspecified atom stereocenters. The average molecular weight is 1090 g/mol. The minimum Gasteiger partial charge on any atom is -0.481 e. The van der Waals surface area contributed by atoms with Gasteiger partial charge in [0.1, 0.15) is 12.1 Å². The summed E-state index contributed by atoms with van der Waals surface area (Å²) in [6.07, 6.45) is -0.331. The normalized spacial score (nSPS) is 11.9. The molecule has 0 fully saturated rings. The van der Waals surface area contributed by atoms with E-state index in [-0.39, 0.29) is 110 Å². The lowest BCUT2D eigenvalue weighted by molar-refractivity contribution is -0.139. The van der Waals surface area contributed by atoms with Gasteiger partial charge in [0, 0.05) is 58.7 Å². The first-order valence-electron chi connectivity index (χ1n) is 25.3. The SMILES string of the molecule is CC(=O)NCCOCCOCCOCCOCCOCCOCCC(=O)N[C@@H](CCC(=O)O)C(=O)NCCCCC(=O)N[C@@H](CCC(=O)O)C(=O)NCCOCCOCCOCCOCCOCCOCCC(N)=O. The van der Waals surface area contributed by atoms with E-state index in [1.807, 2.05) is 0 Å². The van der Waals surface area contributed by atoms with Crippen LogP contribution in [0.4, 0.5) is 0 Å². The Morgan fingerprint density at radius 3 is 0.987 bits per heavy atom. The van der Waals surface area contributed by atoms with Crippen molar-refractivity contribution in [3.8, 4) is 0 Å². The zero-order valence-corrected chi connectivity index (χ0v) is 43.7. The molecule has 9 N–H and O–H groups in total. The Labute approximate surface area is 439 Å². The van der Waals surface area contributed by atoms with Crippen molar-refractivity contribution < 1.29 is 105 Å². The Hall–Kier alpha value is -4.72. The van der Waals surface area contributed by atoms with Crippen molar-refractivity contribution in [2.24, 2.45) is 5.73 Å². The third-order valence-electron chi connectivity index (χ3n) is 9.58. The molecule has 6 amide bonds. The molecular formula is C47H86N6O22. The van der Waals surface area contributed by atoms with Crippen LogP contribution in [-0.4, -0.2) is 248 Å². The lowest BCUT2D eigenvalue weighted by Crippen LogP contribution is -2.48. The molecule has 2 atom stereocenters. The number of aliphatic carboxylic acids is 2. The number of carbonyl (C=O) groups is 8. The maximum Gasteiger partial charge on any atom is 0.303 e. The Balaban J connectivity index is 4.12. The number of carboxylic acid groups (broad SMARTS) is 2. The topological polar surface area (TPSA) is 374 Å². The first-order chi connectivity index (χ1) is 36.3. The van der Waals surface area contributed by atoms with Crippen LogP contribution in [0, 0.1) is 0 Å². The molecule has 0 aromatic heterocycles. The Kier molecular flexibility index (Phi) is 49.4. The number of rotatable bonds is 57. The third-order valence-corrected chi connectivity index (χ3v) is 9.58. The number of unbranched alkanes of at least 4 members (excludes halogenated alkanes) is 1. The molecule has 0 saturated heterocycles. The predicted octanol–water partition coefficient (Wildman–Crippen LogP) is -2.31. The van der Waals surface area contributed by atoms with E-state index < -0.39 is 53.6 Å². The standard InChI is InChI=1S/C47H86N6O22/c1-38(54)49-12-16-66-20-24-70-28-32-74-37-35-73-31-27-69-23-19-65-15-10-43(57)53-39(5-7-44(58)59)46(62)50-11-3-2-4-42(56)52-40(6-8-45(60)61)47(63)51-13-17-67-21-25-71-29-33-75-36-34-72-30-26-68-22-18-64-14-9-41(48)55/h39-40H,2-37H2,1H3,(H2,48,55)(H,49,54)(H,50,62)(H,51,63)(H,52,56)(H,53,57)(H,58,59)(H,60,61)/t39-,40-/m0/s1. The molecule has 0 radical (unpaired) electrons. The highest BCUT2D eigenvalue weighted by Gasteiger charge is 2.23. The van der Waals surface area contributed by atoms with Gasteiger partial charge in [-0.25, -0.2) is 0 Å². The second-order valence-corrected chi connectivity index (χ2v) is 15.9. The Bertz CT molecular complexity index is 1500. The fourth-order valence-corrected chi connectivity index (χ4v) is 5.76. The van der Waals surface area contributed by atoms with Crippen LogP contribution < -0.4 is 32.3 Å². The monoisotopic (exact) mass is 1090 g/mol. The summed E-state index contributed by atoms with van der Waals surface area (Å²) in [5.74, 6) is -4.97. The van der Waals surface area contributed by atoms with Crippen molar-refractivity contribution in [1.29, 1.82) is 0 Å². The second kappa shape index (κ2) is 52.7. The van der Waals surface area contributed by atoms with E-state index in [1.54, 1.807) is 0 Å². The summed E-state index contributed by atoms with van der Waals surface area (Å²) in [4.78, 5) is 94.8. The van der Waals surface area contributed by atoms with Crippen LogP contribution in [0.1, 0.15) is 64.7 Å². The third kappa shape index (κ3) is 52.5. The van der Waals surface area contributed by atoms with Gasteiger partial charge in [0.25, 0.3) is 0 Å². The second-order valence-electron chi connectivity index (χ2n) is 15.9. The highest BCUT2D eigenvalue weighted by atomic mass is 16.6. The van der Waals surface area contributed by atoms with Gasteiger partial charge in [-0.15, -0.1) is 0 Å². The van der Waals surface area contributed by atoms with Crippen molar-refractivity contribution in [3.63, 3.8) is 0 Å². The van der Waals surface area contributed by atoms with Crippen LogP contribution in [0.3, 0.4) is 0 Å². The number of carbonyl (C=O) groups excluding carboxylic acids is 6. The molecule has 0 aliphatic heterocycles. The van der Waals surface area contributed by atoms with Gasteiger partial charge in [0.05, 0.1) is 159 Å². The largest absolute Gasteiger partial charge is 0.481 e. The van der Waals surface area contributed by atoms with Crippen molar-refractivity contribution >= 4 is 47.4 Å². The molecule has 436 valence electrons. The summed E-state index contributed by atoms with van der Waals surface area (Å²) in [6.45, 7) is 10.1. The van der Waals surface area contributed by atoms with Gasteiger partial charge in [-0.1, -0.05) is 0 Å². The summed E-state index contributed by atoms with van der Waals surface area (Å²) in [5.41, 5.74) is 5.03.